The van der Waals surface area contributed by atoms with Crippen molar-refractivity contribution in [1.29, 1.82) is 0 Å². The lowest BCUT2D eigenvalue weighted by Crippen LogP contribution is -2.46. The van der Waals surface area contributed by atoms with Crippen molar-refractivity contribution in [1.82, 2.24) is 0 Å². The molecule has 2 aromatic rings. The maximum atomic E-state index is 13.8. The van der Waals surface area contributed by atoms with E-state index in [0.717, 1.165) is 0 Å². The van der Waals surface area contributed by atoms with Crippen molar-refractivity contribution in [3.05, 3.63) is 41.5 Å². The zero-order valence-electron chi connectivity index (χ0n) is 20.8. The fraction of sp³-hybridized carbons (Fsp3) is 0.519. The Labute approximate surface area is 212 Å². The molecule has 0 bridgehead atoms. The highest BCUT2D eigenvalue weighted by Crippen LogP contribution is 2.42. The molecule has 1 saturated carbocycles. The third-order valence-corrected chi connectivity index (χ3v) is 7.05. The van der Waals surface area contributed by atoms with Crippen molar-refractivity contribution in [2.75, 3.05) is 24.7 Å². The standard InChI is InChI=1S/C27H30F3NO6/c1-3-36-26(34)22-14-23(18-6-4-17(5-7-18)16(2)32)37-25(22)31(21-12-13-35-15-21)24(33)19-8-10-20(11-9-19)27(28,29)30/h4-7,14,19-21H,3,8-13,15H2,1-2H3/t19-,20-,21?. The largest absolute Gasteiger partial charge is 0.462 e. The van der Waals surface area contributed by atoms with Gasteiger partial charge in [0.2, 0.25) is 11.8 Å². The summed E-state index contributed by atoms with van der Waals surface area (Å²) < 4.78 is 56.4. The third kappa shape index (κ3) is 5.89. The number of carbonyl (C=O) groups is 3. The van der Waals surface area contributed by atoms with Crippen LogP contribution in [0.1, 0.15) is 66.7 Å². The highest BCUT2D eigenvalue weighted by molar-refractivity contribution is 6.03. The molecular formula is C27H30F3NO6. The molecule has 4 rings (SSSR count). The molecule has 10 heteroatoms. The van der Waals surface area contributed by atoms with Crippen LogP contribution in [0.15, 0.2) is 34.7 Å². The molecule has 0 N–H and O–H groups in total. The predicted molar refractivity (Wildman–Crippen MR) is 128 cm³/mol. The lowest BCUT2D eigenvalue weighted by atomic mass is 9.81. The summed E-state index contributed by atoms with van der Waals surface area (Å²) in [5.41, 5.74) is 1.15. The van der Waals surface area contributed by atoms with Crippen LogP contribution in [0.4, 0.5) is 19.1 Å². The number of esters is 1. The maximum absolute atomic E-state index is 13.8. The molecule has 1 atom stereocenters. The first-order chi connectivity index (χ1) is 17.6. The van der Waals surface area contributed by atoms with Crippen molar-refractivity contribution in [3.63, 3.8) is 0 Å². The highest BCUT2D eigenvalue weighted by atomic mass is 19.4. The minimum Gasteiger partial charge on any atom is -0.462 e. The van der Waals surface area contributed by atoms with E-state index in [2.05, 4.69) is 0 Å². The average molecular weight is 522 g/mol. The number of rotatable bonds is 7. The van der Waals surface area contributed by atoms with Crippen LogP contribution in [0.5, 0.6) is 0 Å². The van der Waals surface area contributed by atoms with Crippen LogP contribution in [0.2, 0.25) is 0 Å². The quantitative estimate of drug-likeness (QED) is 0.337. The SMILES string of the molecule is CCOC(=O)c1cc(-c2ccc(C(C)=O)cc2)oc1N(C(=O)[C@H]1CC[C@H](C(F)(F)F)CC1)C1CCOC1. The number of ether oxygens (including phenoxy) is 2. The molecule has 1 saturated heterocycles. The van der Waals surface area contributed by atoms with Crippen LogP contribution in [0, 0.1) is 11.8 Å². The molecule has 1 aliphatic heterocycles. The molecule has 1 unspecified atom stereocenters. The average Bonchev–Trinajstić information content (AvgIpc) is 3.55. The molecule has 1 aromatic carbocycles. The monoisotopic (exact) mass is 521 g/mol. The normalized spacial score (nSPS) is 22.0. The smallest absolute Gasteiger partial charge is 0.391 e. The minimum absolute atomic E-state index is 0.00235. The topological polar surface area (TPSA) is 86.1 Å². The van der Waals surface area contributed by atoms with Gasteiger partial charge in [-0.25, -0.2) is 4.79 Å². The van der Waals surface area contributed by atoms with E-state index in [1.165, 1.54) is 17.9 Å². The number of furan rings is 1. The summed E-state index contributed by atoms with van der Waals surface area (Å²) in [6.07, 6.45) is -3.83. The molecule has 1 aliphatic carbocycles. The van der Waals surface area contributed by atoms with E-state index in [1.807, 2.05) is 0 Å². The minimum atomic E-state index is -4.28. The van der Waals surface area contributed by atoms with E-state index in [4.69, 9.17) is 13.9 Å². The number of ketones is 1. The van der Waals surface area contributed by atoms with Crippen molar-refractivity contribution >= 4 is 23.5 Å². The Balaban J connectivity index is 1.70. The van der Waals surface area contributed by atoms with Crippen molar-refractivity contribution in [2.24, 2.45) is 11.8 Å². The number of amides is 1. The Morgan fingerprint density at radius 3 is 2.27 bits per heavy atom. The first-order valence-corrected chi connectivity index (χ1v) is 12.5. The summed E-state index contributed by atoms with van der Waals surface area (Å²) in [5.74, 6) is -2.90. The number of hydrogen-bond acceptors (Lipinski definition) is 6. The van der Waals surface area contributed by atoms with E-state index < -0.39 is 30.0 Å². The van der Waals surface area contributed by atoms with Gasteiger partial charge in [-0.05, 0) is 46.0 Å². The number of anilines is 1. The van der Waals surface area contributed by atoms with Gasteiger partial charge in [0.05, 0.1) is 25.2 Å². The van der Waals surface area contributed by atoms with E-state index in [9.17, 15) is 27.6 Å². The van der Waals surface area contributed by atoms with Gasteiger partial charge in [-0.2, -0.15) is 13.2 Å². The van der Waals surface area contributed by atoms with Crippen molar-refractivity contribution in [2.45, 2.75) is 58.2 Å². The second-order valence-electron chi connectivity index (χ2n) is 9.50. The van der Waals surface area contributed by atoms with Crippen LogP contribution in [-0.4, -0.2) is 49.7 Å². The Hall–Kier alpha value is -3.14. The molecule has 2 fully saturated rings. The Kier molecular flexibility index (Phi) is 8.06. The second-order valence-corrected chi connectivity index (χ2v) is 9.50. The zero-order valence-corrected chi connectivity index (χ0v) is 20.8. The highest BCUT2D eigenvalue weighted by Gasteiger charge is 2.45. The molecule has 1 amide bonds. The van der Waals surface area contributed by atoms with Crippen LogP contribution in [0.3, 0.4) is 0 Å². The maximum Gasteiger partial charge on any atom is 0.391 e. The van der Waals surface area contributed by atoms with Gasteiger partial charge in [-0.1, -0.05) is 24.3 Å². The van der Waals surface area contributed by atoms with Crippen LogP contribution >= 0.6 is 0 Å². The van der Waals surface area contributed by atoms with Crippen LogP contribution in [-0.2, 0) is 14.3 Å². The fourth-order valence-electron chi connectivity index (χ4n) is 4.96. The summed E-state index contributed by atoms with van der Waals surface area (Å²) in [6, 6.07) is 7.69. The number of hydrogen-bond donors (Lipinski definition) is 0. The van der Waals surface area contributed by atoms with Gasteiger partial charge in [0.1, 0.15) is 11.3 Å². The van der Waals surface area contributed by atoms with Gasteiger partial charge in [0.25, 0.3) is 0 Å². The van der Waals surface area contributed by atoms with Gasteiger partial charge in [0.15, 0.2) is 5.78 Å². The predicted octanol–water partition coefficient (Wildman–Crippen LogP) is 5.82. The van der Waals surface area contributed by atoms with Gasteiger partial charge < -0.3 is 13.9 Å². The molecule has 0 spiro atoms. The summed E-state index contributed by atoms with van der Waals surface area (Å²) in [7, 11) is 0. The summed E-state index contributed by atoms with van der Waals surface area (Å²) in [4.78, 5) is 39.7. The van der Waals surface area contributed by atoms with Crippen molar-refractivity contribution < 1.29 is 41.4 Å². The number of carbonyl (C=O) groups excluding carboxylic acids is 3. The molecule has 37 heavy (non-hydrogen) atoms. The molecule has 7 nitrogen and oxygen atoms in total. The van der Waals surface area contributed by atoms with E-state index in [0.29, 0.717) is 29.9 Å². The molecule has 2 aliphatic rings. The van der Waals surface area contributed by atoms with E-state index in [-0.39, 0.29) is 62.0 Å². The molecule has 1 aromatic heterocycles. The van der Waals surface area contributed by atoms with Crippen LogP contribution in [0.25, 0.3) is 11.3 Å². The number of alkyl halides is 3. The van der Waals surface area contributed by atoms with Gasteiger partial charge >= 0.3 is 12.1 Å². The number of Topliss-reactive ketones (excluding diaryl/α,β-unsaturated/α-hetero) is 1. The summed E-state index contributed by atoms with van der Waals surface area (Å²) in [6.45, 7) is 3.84. The van der Waals surface area contributed by atoms with Crippen molar-refractivity contribution in [3.8, 4) is 11.3 Å². The first-order valence-electron chi connectivity index (χ1n) is 12.5. The Bertz CT molecular complexity index is 1130. The number of benzene rings is 1. The fourth-order valence-corrected chi connectivity index (χ4v) is 4.96. The number of nitrogens with zero attached hydrogens (tertiary/aromatic N) is 1. The lowest BCUT2D eigenvalue weighted by Gasteiger charge is -2.34. The van der Waals surface area contributed by atoms with Gasteiger partial charge in [-0.3, -0.25) is 14.5 Å². The molecule has 2 heterocycles. The van der Waals surface area contributed by atoms with E-state index >= 15 is 0 Å². The summed E-state index contributed by atoms with van der Waals surface area (Å²) in [5, 5.41) is 0. The second kappa shape index (κ2) is 11.1. The molecule has 0 radical (unpaired) electrons. The van der Waals surface area contributed by atoms with Gasteiger partial charge in [-0.15, -0.1) is 0 Å². The van der Waals surface area contributed by atoms with E-state index in [1.54, 1.807) is 31.2 Å². The van der Waals surface area contributed by atoms with Crippen LogP contribution < -0.4 is 4.90 Å². The lowest BCUT2D eigenvalue weighted by molar-refractivity contribution is -0.184. The Morgan fingerprint density at radius 1 is 1.05 bits per heavy atom. The molecule has 200 valence electrons. The van der Waals surface area contributed by atoms with Gasteiger partial charge in [0, 0.05) is 29.7 Å². The Morgan fingerprint density at radius 2 is 1.73 bits per heavy atom. The first kappa shape index (κ1) is 26.9. The zero-order chi connectivity index (χ0) is 26.7. The molecular weight excluding hydrogens is 491 g/mol. The number of halogens is 3. The summed E-state index contributed by atoms with van der Waals surface area (Å²) >= 11 is 0. The third-order valence-electron chi connectivity index (χ3n) is 7.05.